The Morgan fingerprint density at radius 1 is 1.39 bits per heavy atom. The number of carboxylic acid groups (broad SMARTS) is 1. The van der Waals surface area contributed by atoms with Crippen LogP contribution in [0, 0.1) is 5.41 Å². The van der Waals surface area contributed by atoms with Crippen LogP contribution < -0.4 is 0 Å². The van der Waals surface area contributed by atoms with E-state index in [9.17, 15) is 18.3 Å². The molecule has 1 rings (SSSR count). The molecule has 0 aromatic rings. The highest BCUT2D eigenvalue weighted by Gasteiger charge is 2.43. The fraction of sp³-hybridized carbons (Fsp3) is 0.909. The summed E-state index contributed by atoms with van der Waals surface area (Å²) >= 11 is 0. The number of rotatable bonds is 2. The predicted octanol–water partition coefficient (Wildman–Crippen LogP) is 1.52. The lowest BCUT2D eigenvalue weighted by atomic mass is 9.79. The number of likely N-dealkylation sites (tertiary alicyclic amines) is 1. The van der Waals surface area contributed by atoms with Crippen LogP contribution in [0.2, 0.25) is 0 Å². The van der Waals surface area contributed by atoms with Crippen molar-refractivity contribution in [2.24, 2.45) is 5.41 Å². The van der Waals surface area contributed by atoms with Gasteiger partial charge in [0.05, 0.1) is 18.4 Å². The van der Waals surface area contributed by atoms with Crippen molar-refractivity contribution in [2.75, 3.05) is 12.8 Å². The molecule has 7 heteroatoms. The Hall–Kier alpha value is -0.820. The average Bonchev–Trinajstić information content (AvgIpc) is 2.12. The van der Waals surface area contributed by atoms with E-state index in [2.05, 4.69) is 0 Å². The van der Waals surface area contributed by atoms with Crippen LogP contribution in [0.3, 0.4) is 0 Å². The number of piperidine rings is 1. The molecule has 0 aromatic carbocycles. The Labute approximate surface area is 108 Å². The van der Waals surface area contributed by atoms with Gasteiger partial charge in [0.2, 0.25) is 0 Å². The zero-order valence-corrected chi connectivity index (χ0v) is 12.0. The lowest BCUT2D eigenvalue weighted by Gasteiger charge is -2.45. The lowest BCUT2D eigenvalue weighted by Crippen LogP contribution is -2.57. The molecule has 1 aliphatic rings. The van der Waals surface area contributed by atoms with Crippen molar-refractivity contribution in [3.8, 4) is 0 Å². The van der Waals surface area contributed by atoms with Gasteiger partial charge in [0.15, 0.2) is 0 Å². The molecule has 0 saturated carbocycles. The van der Waals surface area contributed by atoms with E-state index in [1.54, 1.807) is 0 Å². The van der Waals surface area contributed by atoms with Gasteiger partial charge >= 0.3 is 6.09 Å². The van der Waals surface area contributed by atoms with Crippen molar-refractivity contribution in [2.45, 2.75) is 45.8 Å². The van der Waals surface area contributed by atoms with E-state index in [0.29, 0.717) is 19.4 Å². The topological polar surface area (TPSA) is 83.9 Å². The van der Waals surface area contributed by atoms with Crippen LogP contribution >= 0.6 is 0 Å². The van der Waals surface area contributed by atoms with E-state index in [1.807, 2.05) is 20.8 Å². The van der Waals surface area contributed by atoms with Gasteiger partial charge in [0.1, 0.15) is 0 Å². The molecule has 1 saturated heterocycles. The minimum absolute atomic E-state index is 0.381. The largest absolute Gasteiger partial charge is 0.465 e. The van der Waals surface area contributed by atoms with Gasteiger partial charge in [-0.15, -0.1) is 0 Å². The smallest absolute Gasteiger partial charge is 0.407 e. The van der Waals surface area contributed by atoms with Gasteiger partial charge in [0.25, 0.3) is 10.1 Å². The van der Waals surface area contributed by atoms with Crippen LogP contribution in [-0.4, -0.2) is 49.5 Å². The van der Waals surface area contributed by atoms with Gasteiger partial charge in [0, 0.05) is 6.54 Å². The quantitative estimate of drug-likeness (QED) is 0.775. The summed E-state index contributed by atoms with van der Waals surface area (Å²) in [6.45, 7) is 6.08. The summed E-state index contributed by atoms with van der Waals surface area (Å²) in [5.74, 6) is 0. The van der Waals surface area contributed by atoms with E-state index >= 15 is 0 Å². The lowest BCUT2D eigenvalue weighted by molar-refractivity contribution is -0.0154. The Kier molecular flexibility index (Phi) is 4.27. The van der Waals surface area contributed by atoms with E-state index in [1.165, 1.54) is 4.90 Å². The summed E-state index contributed by atoms with van der Waals surface area (Å²) in [7, 11) is -3.59. The molecule has 6 nitrogen and oxygen atoms in total. The van der Waals surface area contributed by atoms with Crippen molar-refractivity contribution in [3.63, 3.8) is 0 Å². The molecule has 0 aliphatic carbocycles. The van der Waals surface area contributed by atoms with Crippen LogP contribution in [-0.2, 0) is 14.3 Å². The van der Waals surface area contributed by atoms with Crippen molar-refractivity contribution in [1.29, 1.82) is 0 Å². The van der Waals surface area contributed by atoms with Gasteiger partial charge in [-0.05, 0) is 18.3 Å². The third kappa shape index (κ3) is 3.84. The molecule has 0 spiro atoms. The Morgan fingerprint density at radius 3 is 2.33 bits per heavy atom. The zero-order valence-electron chi connectivity index (χ0n) is 11.2. The second kappa shape index (κ2) is 5.05. The van der Waals surface area contributed by atoms with Crippen LogP contribution in [0.25, 0.3) is 0 Å². The second-order valence-electron chi connectivity index (χ2n) is 5.77. The van der Waals surface area contributed by atoms with Crippen LogP contribution in [0.4, 0.5) is 4.79 Å². The van der Waals surface area contributed by atoms with Gasteiger partial charge in [-0.2, -0.15) is 8.42 Å². The van der Waals surface area contributed by atoms with Crippen molar-refractivity contribution < 1.29 is 22.5 Å². The summed E-state index contributed by atoms with van der Waals surface area (Å²) in [5.41, 5.74) is -0.381. The number of carbonyl (C=O) groups is 1. The van der Waals surface area contributed by atoms with Crippen LogP contribution in [0.5, 0.6) is 0 Å². The molecule has 0 radical (unpaired) electrons. The monoisotopic (exact) mass is 279 g/mol. The molecule has 18 heavy (non-hydrogen) atoms. The molecule has 1 fully saturated rings. The molecule has 2 unspecified atom stereocenters. The maximum absolute atomic E-state index is 11.3. The molecule has 0 bridgehead atoms. The summed E-state index contributed by atoms with van der Waals surface area (Å²) in [5, 5.41) is 9.21. The fourth-order valence-corrected chi connectivity index (χ4v) is 3.18. The van der Waals surface area contributed by atoms with Crippen molar-refractivity contribution >= 4 is 16.2 Å². The third-order valence-electron chi connectivity index (χ3n) is 3.01. The first-order valence-corrected chi connectivity index (χ1v) is 7.72. The van der Waals surface area contributed by atoms with E-state index in [0.717, 1.165) is 6.26 Å². The van der Waals surface area contributed by atoms with Crippen LogP contribution in [0.15, 0.2) is 0 Å². The standard InChI is InChI=1S/C11H21NO5S/c1-11(2,3)9-8(17-18(4,15)16)6-5-7-12(9)10(13)14/h8-9H,5-7H2,1-4H3,(H,13,14). The minimum atomic E-state index is -3.59. The molecule has 2 atom stereocenters. The fourth-order valence-electron chi connectivity index (χ4n) is 2.53. The molecule has 1 N–H and O–H groups in total. The van der Waals surface area contributed by atoms with Gasteiger partial charge < -0.3 is 10.0 Å². The van der Waals surface area contributed by atoms with E-state index in [4.69, 9.17) is 4.18 Å². The normalized spacial score (nSPS) is 26.1. The van der Waals surface area contributed by atoms with Gasteiger partial charge in [-0.25, -0.2) is 4.79 Å². The van der Waals surface area contributed by atoms with Crippen molar-refractivity contribution in [1.82, 2.24) is 4.90 Å². The summed E-state index contributed by atoms with van der Waals surface area (Å²) in [6, 6.07) is -0.460. The molecular formula is C11H21NO5S. The van der Waals surface area contributed by atoms with Crippen LogP contribution in [0.1, 0.15) is 33.6 Å². The number of hydrogen-bond acceptors (Lipinski definition) is 4. The number of nitrogens with zero attached hydrogens (tertiary/aromatic N) is 1. The maximum Gasteiger partial charge on any atom is 0.407 e. The highest BCUT2D eigenvalue weighted by Crippen LogP contribution is 2.34. The Bertz CT molecular complexity index is 412. The minimum Gasteiger partial charge on any atom is -0.465 e. The highest BCUT2D eigenvalue weighted by molar-refractivity contribution is 7.86. The van der Waals surface area contributed by atoms with Gasteiger partial charge in [-0.3, -0.25) is 4.18 Å². The second-order valence-corrected chi connectivity index (χ2v) is 7.37. The first-order chi connectivity index (χ1) is 8.02. The Balaban J connectivity index is 3.04. The first-order valence-electron chi connectivity index (χ1n) is 5.90. The zero-order chi connectivity index (χ0) is 14.1. The molecule has 0 aromatic heterocycles. The van der Waals surface area contributed by atoms with Gasteiger partial charge in [-0.1, -0.05) is 20.8 Å². The third-order valence-corrected chi connectivity index (χ3v) is 3.60. The molecule has 1 aliphatic heterocycles. The van der Waals surface area contributed by atoms with E-state index in [-0.39, 0.29) is 5.41 Å². The molecule has 1 amide bonds. The number of amides is 1. The SMILES string of the molecule is CC(C)(C)C1C(OS(C)(=O)=O)CCCN1C(=O)O. The number of hydrogen-bond donors (Lipinski definition) is 1. The highest BCUT2D eigenvalue weighted by atomic mass is 32.2. The predicted molar refractivity (Wildman–Crippen MR) is 66.9 cm³/mol. The summed E-state index contributed by atoms with van der Waals surface area (Å²) in [4.78, 5) is 12.5. The average molecular weight is 279 g/mol. The molecule has 106 valence electrons. The maximum atomic E-state index is 11.3. The van der Waals surface area contributed by atoms with E-state index < -0.39 is 28.4 Å². The van der Waals surface area contributed by atoms with Crippen molar-refractivity contribution in [3.05, 3.63) is 0 Å². The Morgan fingerprint density at radius 2 is 1.94 bits per heavy atom. The summed E-state index contributed by atoms with van der Waals surface area (Å²) in [6.07, 6.45) is 0.520. The first kappa shape index (κ1) is 15.2. The summed E-state index contributed by atoms with van der Waals surface area (Å²) < 4.78 is 27.6. The molecule has 1 heterocycles. The molecular weight excluding hydrogens is 258 g/mol.